The summed E-state index contributed by atoms with van der Waals surface area (Å²) in [5, 5.41) is 12.2. The van der Waals surface area contributed by atoms with Gasteiger partial charge in [-0.05, 0) is 24.5 Å². The molecule has 19 heavy (non-hydrogen) atoms. The molecule has 1 rings (SSSR count). The number of aromatic hydroxyl groups is 1. The minimum absolute atomic E-state index is 0.220. The van der Waals surface area contributed by atoms with Crippen molar-refractivity contribution in [1.82, 2.24) is 5.32 Å². The van der Waals surface area contributed by atoms with Gasteiger partial charge < -0.3 is 10.4 Å². The standard InChI is InChI=1S/C13H14Cl3NO2/c1-2-10(17-12(19)13(14,15)16)8-7-9-5-3-4-6-11(9)18/h2-6,10,18H,1,7-8H2,(H,17,19). The van der Waals surface area contributed by atoms with Crippen molar-refractivity contribution in [3.63, 3.8) is 0 Å². The maximum Gasteiger partial charge on any atom is 0.272 e. The second-order valence-corrected chi connectivity index (χ2v) is 6.26. The lowest BCUT2D eigenvalue weighted by molar-refractivity contribution is -0.120. The van der Waals surface area contributed by atoms with E-state index in [0.717, 1.165) is 5.56 Å². The summed E-state index contributed by atoms with van der Waals surface area (Å²) in [6.07, 6.45) is 2.69. The number of amides is 1. The van der Waals surface area contributed by atoms with Crippen LogP contribution in [-0.2, 0) is 11.2 Å². The van der Waals surface area contributed by atoms with Crippen LogP contribution in [0, 0.1) is 0 Å². The molecule has 0 saturated carbocycles. The summed E-state index contributed by atoms with van der Waals surface area (Å²) >= 11 is 16.4. The van der Waals surface area contributed by atoms with Crippen molar-refractivity contribution < 1.29 is 9.90 Å². The van der Waals surface area contributed by atoms with Gasteiger partial charge in [0.1, 0.15) is 5.75 Å². The Morgan fingerprint density at radius 2 is 2.05 bits per heavy atom. The summed E-state index contributed by atoms with van der Waals surface area (Å²) in [4.78, 5) is 11.5. The lowest BCUT2D eigenvalue weighted by Gasteiger charge is -2.18. The van der Waals surface area contributed by atoms with Gasteiger partial charge in [-0.1, -0.05) is 59.1 Å². The number of halogens is 3. The van der Waals surface area contributed by atoms with Gasteiger partial charge in [0.2, 0.25) is 0 Å². The zero-order valence-corrected chi connectivity index (χ0v) is 12.3. The molecule has 0 bridgehead atoms. The number of benzene rings is 1. The van der Waals surface area contributed by atoms with Crippen molar-refractivity contribution in [2.75, 3.05) is 0 Å². The number of phenols is 1. The fourth-order valence-corrected chi connectivity index (χ4v) is 1.70. The molecule has 1 aromatic carbocycles. The maximum atomic E-state index is 11.5. The van der Waals surface area contributed by atoms with E-state index in [1.54, 1.807) is 18.2 Å². The number of para-hydroxylation sites is 1. The number of rotatable bonds is 5. The Labute approximate surface area is 127 Å². The first-order valence-electron chi connectivity index (χ1n) is 5.61. The van der Waals surface area contributed by atoms with Gasteiger partial charge in [0.25, 0.3) is 9.70 Å². The predicted octanol–water partition coefficient (Wildman–Crippen LogP) is 3.37. The molecular weight excluding hydrogens is 309 g/mol. The van der Waals surface area contributed by atoms with Gasteiger partial charge in [-0.15, -0.1) is 6.58 Å². The average Bonchev–Trinajstić information content (AvgIpc) is 2.34. The number of nitrogens with one attached hydrogen (secondary N) is 1. The number of hydrogen-bond donors (Lipinski definition) is 2. The molecule has 0 radical (unpaired) electrons. The van der Waals surface area contributed by atoms with Crippen LogP contribution in [-0.4, -0.2) is 20.8 Å². The molecule has 0 fully saturated rings. The fraction of sp³-hybridized carbons (Fsp3) is 0.308. The molecule has 104 valence electrons. The van der Waals surface area contributed by atoms with Crippen molar-refractivity contribution in [3.8, 4) is 5.75 Å². The topological polar surface area (TPSA) is 49.3 Å². The van der Waals surface area contributed by atoms with Crippen LogP contribution < -0.4 is 5.32 Å². The van der Waals surface area contributed by atoms with Gasteiger partial charge in [-0.2, -0.15) is 0 Å². The van der Waals surface area contributed by atoms with Crippen LogP contribution in [0.5, 0.6) is 5.75 Å². The van der Waals surface area contributed by atoms with Gasteiger partial charge >= 0.3 is 0 Å². The summed E-state index contributed by atoms with van der Waals surface area (Å²) in [5.41, 5.74) is 0.789. The van der Waals surface area contributed by atoms with Crippen LogP contribution in [0.1, 0.15) is 12.0 Å². The lowest BCUT2D eigenvalue weighted by Crippen LogP contribution is -2.40. The number of aryl methyl sites for hydroxylation is 1. The van der Waals surface area contributed by atoms with Crippen molar-refractivity contribution in [1.29, 1.82) is 0 Å². The van der Waals surface area contributed by atoms with E-state index in [0.29, 0.717) is 12.8 Å². The zero-order chi connectivity index (χ0) is 14.5. The molecule has 1 unspecified atom stereocenters. The van der Waals surface area contributed by atoms with Gasteiger partial charge in [-0.25, -0.2) is 0 Å². The van der Waals surface area contributed by atoms with E-state index in [9.17, 15) is 9.90 Å². The highest BCUT2D eigenvalue weighted by Gasteiger charge is 2.31. The second kappa shape index (κ2) is 7.04. The molecule has 2 N–H and O–H groups in total. The Kier molecular flexibility index (Phi) is 5.98. The summed E-state index contributed by atoms with van der Waals surface area (Å²) in [6, 6.07) is 6.67. The predicted molar refractivity (Wildman–Crippen MR) is 78.8 cm³/mol. The van der Waals surface area contributed by atoms with E-state index < -0.39 is 9.70 Å². The highest BCUT2D eigenvalue weighted by Crippen LogP contribution is 2.26. The van der Waals surface area contributed by atoms with E-state index in [1.165, 1.54) is 0 Å². The quantitative estimate of drug-likeness (QED) is 0.645. The summed E-state index contributed by atoms with van der Waals surface area (Å²) < 4.78 is -1.99. The summed E-state index contributed by atoms with van der Waals surface area (Å²) in [6.45, 7) is 3.62. The Morgan fingerprint density at radius 1 is 1.42 bits per heavy atom. The number of carbonyl (C=O) groups excluding carboxylic acids is 1. The maximum absolute atomic E-state index is 11.5. The first kappa shape index (κ1) is 16.2. The molecule has 3 nitrogen and oxygen atoms in total. The summed E-state index contributed by atoms with van der Waals surface area (Å²) in [5.74, 6) is -0.474. The Balaban J connectivity index is 2.57. The largest absolute Gasteiger partial charge is 0.508 e. The van der Waals surface area contributed by atoms with E-state index in [4.69, 9.17) is 34.8 Å². The normalized spacial score (nSPS) is 12.8. The number of alkyl halides is 3. The first-order valence-corrected chi connectivity index (χ1v) is 6.75. The van der Waals surface area contributed by atoms with Crippen LogP contribution in [0.4, 0.5) is 0 Å². The highest BCUT2D eigenvalue weighted by atomic mass is 35.6. The first-order chi connectivity index (χ1) is 8.84. The van der Waals surface area contributed by atoms with E-state index in [1.807, 2.05) is 12.1 Å². The van der Waals surface area contributed by atoms with Crippen molar-refractivity contribution in [3.05, 3.63) is 42.5 Å². The monoisotopic (exact) mass is 321 g/mol. The van der Waals surface area contributed by atoms with Crippen LogP contribution in [0.3, 0.4) is 0 Å². The fourth-order valence-electron chi connectivity index (χ4n) is 1.53. The Bertz CT molecular complexity index is 457. The third-order valence-electron chi connectivity index (χ3n) is 2.57. The molecule has 0 aromatic heterocycles. The number of phenolic OH excluding ortho intramolecular Hbond substituents is 1. The van der Waals surface area contributed by atoms with Crippen molar-refractivity contribution in [2.45, 2.75) is 22.7 Å². The van der Waals surface area contributed by atoms with E-state index in [-0.39, 0.29) is 11.8 Å². The van der Waals surface area contributed by atoms with Crippen LogP contribution in [0.2, 0.25) is 0 Å². The van der Waals surface area contributed by atoms with E-state index in [2.05, 4.69) is 11.9 Å². The molecule has 0 aliphatic carbocycles. The van der Waals surface area contributed by atoms with Gasteiger partial charge in [0.05, 0.1) is 0 Å². The smallest absolute Gasteiger partial charge is 0.272 e. The average molecular weight is 323 g/mol. The Hall–Kier alpha value is -0.900. The molecule has 0 heterocycles. The molecule has 0 saturated heterocycles. The molecule has 1 amide bonds. The molecule has 1 aromatic rings. The molecule has 0 spiro atoms. The molecule has 0 aliphatic heterocycles. The second-order valence-electron chi connectivity index (χ2n) is 3.98. The van der Waals surface area contributed by atoms with Crippen LogP contribution >= 0.6 is 34.8 Å². The highest BCUT2D eigenvalue weighted by molar-refractivity contribution is 6.76. The minimum atomic E-state index is -1.99. The third-order valence-corrected chi connectivity index (χ3v) is 3.09. The van der Waals surface area contributed by atoms with Gasteiger partial charge in [-0.3, -0.25) is 4.79 Å². The Morgan fingerprint density at radius 3 is 2.58 bits per heavy atom. The van der Waals surface area contributed by atoms with E-state index >= 15 is 0 Å². The van der Waals surface area contributed by atoms with Crippen molar-refractivity contribution in [2.24, 2.45) is 0 Å². The van der Waals surface area contributed by atoms with Crippen molar-refractivity contribution >= 4 is 40.7 Å². The third kappa shape index (κ3) is 5.31. The number of carbonyl (C=O) groups is 1. The molecule has 0 aliphatic rings. The number of hydrogen-bond acceptors (Lipinski definition) is 2. The molecular formula is C13H14Cl3NO2. The SMILES string of the molecule is C=CC(CCc1ccccc1O)NC(=O)C(Cl)(Cl)Cl. The minimum Gasteiger partial charge on any atom is -0.508 e. The molecule has 1 atom stereocenters. The van der Waals surface area contributed by atoms with Gasteiger partial charge in [0, 0.05) is 6.04 Å². The van der Waals surface area contributed by atoms with Crippen LogP contribution in [0.15, 0.2) is 36.9 Å². The molecule has 6 heteroatoms. The lowest BCUT2D eigenvalue weighted by atomic mass is 10.0. The summed E-state index contributed by atoms with van der Waals surface area (Å²) in [7, 11) is 0. The zero-order valence-electron chi connectivity index (χ0n) is 10.1. The van der Waals surface area contributed by atoms with Crippen LogP contribution in [0.25, 0.3) is 0 Å². The van der Waals surface area contributed by atoms with Gasteiger partial charge in [0.15, 0.2) is 0 Å².